The average molecular weight is 356 g/mol. The lowest BCUT2D eigenvalue weighted by Crippen LogP contribution is -2.11. The molecule has 1 aromatic carbocycles. The highest BCUT2D eigenvalue weighted by Crippen LogP contribution is 2.26. The Hall–Kier alpha value is -1.86. The van der Waals surface area contributed by atoms with Gasteiger partial charge in [-0.15, -0.1) is 11.3 Å². The maximum atomic E-state index is 12.1. The highest BCUT2D eigenvalue weighted by Gasteiger charge is 2.14. The van der Waals surface area contributed by atoms with E-state index in [1.807, 2.05) is 0 Å². The standard InChI is InChI=1S/C13H10BrNO4S/c1-19-7-2-3-9(14)8(6-7)12(16)15-11-5-4-10(20-11)13(17)18/h2-6H,1H3,(H,15,16)(H,17,18). The van der Waals surface area contributed by atoms with Gasteiger partial charge in [-0.1, -0.05) is 0 Å². The predicted octanol–water partition coefficient (Wildman–Crippen LogP) is 3.47. The fraction of sp³-hybridized carbons (Fsp3) is 0.0769. The van der Waals surface area contributed by atoms with E-state index < -0.39 is 5.97 Å². The summed E-state index contributed by atoms with van der Waals surface area (Å²) in [6.07, 6.45) is 0. The zero-order valence-electron chi connectivity index (χ0n) is 10.3. The van der Waals surface area contributed by atoms with E-state index in [1.165, 1.54) is 13.2 Å². The van der Waals surface area contributed by atoms with Crippen molar-refractivity contribution in [2.75, 3.05) is 12.4 Å². The molecule has 20 heavy (non-hydrogen) atoms. The molecule has 2 aromatic rings. The minimum absolute atomic E-state index is 0.171. The van der Waals surface area contributed by atoms with Crippen LogP contribution >= 0.6 is 27.3 Å². The molecule has 0 saturated heterocycles. The maximum absolute atomic E-state index is 12.1. The summed E-state index contributed by atoms with van der Waals surface area (Å²) in [5.41, 5.74) is 0.412. The van der Waals surface area contributed by atoms with Gasteiger partial charge in [-0.2, -0.15) is 0 Å². The molecule has 0 atom stereocenters. The zero-order valence-corrected chi connectivity index (χ0v) is 12.7. The summed E-state index contributed by atoms with van der Waals surface area (Å²) >= 11 is 4.30. The third-order valence-corrected chi connectivity index (χ3v) is 4.15. The molecule has 0 unspecified atom stereocenters. The van der Waals surface area contributed by atoms with Gasteiger partial charge in [0.1, 0.15) is 10.6 Å². The van der Waals surface area contributed by atoms with Crippen molar-refractivity contribution in [1.29, 1.82) is 0 Å². The highest BCUT2D eigenvalue weighted by molar-refractivity contribution is 9.10. The second kappa shape index (κ2) is 6.06. The Labute approximate surface area is 127 Å². The maximum Gasteiger partial charge on any atom is 0.345 e. The van der Waals surface area contributed by atoms with Gasteiger partial charge in [-0.3, -0.25) is 4.79 Å². The Morgan fingerprint density at radius 1 is 1.30 bits per heavy atom. The second-order valence-electron chi connectivity index (χ2n) is 3.77. The van der Waals surface area contributed by atoms with Gasteiger partial charge in [0.15, 0.2) is 0 Å². The quantitative estimate of drug-likeness (QED) is 0.880. The minimum atomic E-state index is -1.02. The van der Waals surface area contributed by atoms with Crippen LogP contribution in [0, 0.1) is 0 Å². The number of amides is 1. The number of anilines is 1. The third kappa shape index (κ3) is 3.17. The third-order valence-electron chi connectivity index (χ3n) is 2.47. The van der Waals surface area contributed by atoms with Gasteiger partial charge in [0.05, 0.1) is 17.7 Å². The number of methoxy groups -OCH3 is 1. The summed E-state index contributed by atoms with van der Waals surface area (Å²) in [7, 11) is 1.52. The topological polar surface area (TPSA) is 75.6 Å². The van der Waals surface area contributed by atoms with E-state index in [9.17, 15) is 9.59 Å². The number of benzene rings is 1. The molecule has 104 valence electrons. The van der Waals surface area contributed by atoms with Crippen molar-refractivity contribution in [3.05, 3.63) is 45.2 Å². The van der Waals surface area contributed by atoms with Crippen LogP contribution in [0.4, 0.5) is 5.00 Å². The number of carbonyl (C=O) groups excluding carboxylic acids is 1. The van der Waals surface area contributed by atoms with E-state index in [2.05, 4.69) is 21.2 Å². The van der Waals surface area contributed by atoms with Crippen molar-refractivity contribution in [2.45, 2.75) is 0 Å². The van der Waals surface area contributed by atoms with Crippen molar-refractivity contribution < 1.29 is 19.4 Å². The van der Waals surface area contributed by atoms with Crippen molar-refractivity contribution >= 4 is 44.1 Å². The molecule has 1 heterocycles. The normalized spacial score (nSPS) is 10.1. The molecule has 2 rings (SSSR count). The van der Waals surface area contributed by atoms with Crippen LogP contribution in [0.2, 0.25) is 0 Å². The van der Waals surface area contributed by atoms with Crippen molar-refractivity contribution in [2.24, 2.45) is 0 Å². The van der Waals surface area contributed by atoms with Gasteiger partial charge in [0.2, 0.25) is 0 Å². The van der Waals surface area contributed by atoms with Crippen LogP contribution in [0.15, 0.2) is 34.8 Å². The summed E-state index contributed by atoms with van der Waals surface area (Å²) in [5, 5.41) is 12.0. The highest BCUT2D eigenvalue weighted by atomic mass is 79.9. The lowest BCUT2D eigenvalue weighted by Gasteiger charge is -2.07. The summed E-state index contributed by atoms with van der Waals surface area (Å²) in [5.74, 6) is -0.789. The SMILES string of the molecule is COc1ccc(Br)c(C(=O)Nc2ccc(C(=O)O)s2)c1. The molecule has 0 aliphatic carbocycles. The van der Waals surface area contributed by atoms with Crippen molar-refractivity contribution in [3.8, 4) is 5.75 Å². The van der Waals surface area contributed by atoms with Crippen LogP contribution in [0.5, 0.6) is 5.75 Å². The molecule has 2 N–H and O–H groups in total. The molecular formula is C13H10BrNO4S. The van der Waals surface area contributed by atoms with E-state index in [-0.39, 0.29) is 10.8 Å². The number of thiophene rings is 1. The van der Waals surface area contributed by atoms with Gasteiger partial charge in [-0.25, -0.2) is 4.79 Å². The number of carboxylic acid groups (broad SMARTS) is 1. The van der Waals surface area contributed by atoms with Gasteiger partial charge in [0.25, 0.3) is 5.91 Å². The van der Waals surface area contributed by atoms with Crippen molar-refractivity contribution in [1.82, 2.24) is 0 Å². The molecule has 1 amide bonds. The number of rotatable bonds is 4. The van der Waals surface area contributed by atoms with Crippen LogP contribution in [-0.2, 0) is 0 Å². The number of aromatic carboxylic acids is 1. The van der Waals surface area contributed by atoms with E-state index >= 15 is 0 Å². The number of halogens is 1. The van der Waals surface area contributed by atoms with Gasteiger partial charge in [-0.05, 0) is 46.3 Å². The number of carbonyl (C=O) groups is 2. The lowest BCUT2D eigenvalue weighted by molar-refractivity contribution is 0.0702. The first-order valence-electron chi connectivity index (χ1n) is 5.49. The van der Waals surface area contributed by atoms with Crippen molar-refractivity contribution in [3.63, 3.8) is 0 Å². The number of hydrogen-bond donors (Lipinski definition) is 2. The molecule has 0 bridgehead atoms. The number of hydrogen-bond acceptors (Lipinski definition) is 4. The summed E-state index contributed by atoms with van der Waals surface area (Å²) in [4.78, 5) is 23.1. The number of ether oxygens (including phenoxy) is 1. The van der Waals surface area contributed by atoms with Crippen LogP contribution in [0.25, 0.3) is 0 Å². The van der Waals surface area contributed by atoms with E-state index in [0.717, 1.165) is 11.3 Å². The Morgan fingerprint density at radius 3 is 2.65 bits per heavy atom. The molecule has 0 radical (unpaired) electrons. The van der Waals surface area contributed by atoms with Gasteiger partial charge >= 0.3 is 5.97 Å². The summed E-state index contributed by atoms with van der Waals surface area (Å²) in [6, 6.07) is 8.05. The molecular weight excluding hydrogens is 346 g/mol. The minimum Gasteiger partial charge on any atom is -0.497 e. The Balaban J connectivity index is 2.21. The van der Waals surface area contributed by atoms with E-state index in [1.54, 1.807) is 24.3 Å². The number of carboxylic acids is 1. The summed E-state index contributed by atoms with van der Waals surface area (Å²) < 4.78 is 5.70. The van der Waals surface area contributed by atoms with Gasteiger partial charge in [0, 0.05) is 4.47 Å². The fourth-order valence-electron chi connectivity index (χ4n) is 1.50. The Bertz CT molecular complexity index is 668. The molecule has 1 aromatic heterocycles. The van der Waals surface area contributed by atoms with E-state index in [4.69, 9.17) is 9.84 Å². The molecule has 0 spiro atoms. The molecule has 0 saturated carbocycles. The zero-order chi connectivity index (χ0) is 14.7. The molecule has 0 aliphatic rings. The Morgan fingerprint density at radius 2 is 2.05 bits per heavy atom. The first-order chi connectivity index (χ1) is 9.51. The first kappa shape index (κ1) is 14.5. The van der Waals surface area contributed by atoms with Crippen LogP contribution in [-0.4, -0.2) is 24.1 Å². The monoisotopic (exact) mass is 355 g/mol. The smallest absolute Gasteiger partial charge is 0.345 e. The Kier molecular flexibility index (Phi) is 4.41. The fourth-order valence-corrected chi connectivity index (χ4v) is 2.67. The molecule has 0 fully saturated rings. The summed E-state index contributed by atoms with van der Waals surface area (Å²) in [6.45, 7) is 0. The van der Waals surface area contributed by atoms with E-state index in [0.29, 0.717) is 20.8 Å². The molecule has 5 nitrogen and oxygen atoms in total. The first-order valence-corrected chi connectivity index (χ1v) is 7.10. The van der Waals surface area contributed by atoms with Crippen LogP contribution in [0.3, 0.4) is 0 Å². The average Bonchev–Trinajstić information content (AvgIpc) is 2.88. The largest absolute Gasteiger partial charge is 0.497 e. The second-order valence-corrected chi connectivity index (χ2v) is 5.71. The van der Waals surface area contributed by atoms with Gasteiger partial charge < -0.3 is 15.2 Å². The predicted molar refractivity (Wildman–Crippen MR) is 79.9 cm³/mol. The molecule has 0 aliphatic heterocycles. The molecule has 7 heteroatoms. The lowest BCUT2D eigenvalue weighted by atomic mass is 10.2. The van der Waals surface area contributed by atoms with Crippen LogP contribution in [0.1, 0.15) is 20.0 Å². The number of nitrogens with one attached hydrogen (secondary N) is 1. The van der Waals surface area contributed by atoms with Crippen LogP contribution < -0.4 is 10.1 Å².